The fourth-order valence-corrected chi connectivity index (χ4v) is 5.28. The van der Waals surface area contributed by atoms with Gasteiger partial charge in [-0.25, -0.2) is 4.98 Å². The van der Waals surface area contributed by atoms with Crippen molar-refractivity contribution in [2.75, 3.05) is 0 Å². The first-order valence-electron chi connectivity index (χ1n) is 10.5. The number of benzene rings is 1. The van der Waals surface area contributed by atoms with Gasteiger partial charge in [0.25, 0.3) is 0 Å². The molecule has 1 aromatic carbocycles. The summed E-state index contributed by atoms with van der Waals surface area (Å²) in [5, 5.41) is 3.40. The largest absolute Gasteiger partial charge is 0.352 e. The SMILES string of the molecule is CC(C)c1nccn1CCC(=O)N[C@H]1[C@@H]2CCCC[C@@H]2[C@@H]1c1ccccc1. The molecule has 2 aliphatic carbocycles. The molecular formula is C23H31N3O. The third kappa shape index (κ3) is 3.67. The number of imidazole rings is 1. The molecule has 2 fully saturated rings. The van der Waals surface area contributed by atoms with E-state index in [-0.39, 0.29) is 5.91 Å². The summed E-state index contributed by atoms with van der Waals surface area (Å²) >= 11 is 0. The lowest BCUT2D eigenvalue weighted by atomic mass is 9.53. The van der Waals surface area contributed by atoms with Crippen molar-refractivity contribution in [1.82, 2.24) is 14.9 Å². The summed E-state index contributed by atoms with van der Waals surface area (Å²) in [5.74, 6) is 3.49. The highest BCUT2D eigenvalue weighted by molar-refractivity contribution is 5.76. The summed E-state index contributed by atoms with van der Waals surface area (Å²) in [6.07, 6.45) is 9.55. The maximum Gasteiger partial charge on any atom is 0.222 e. The minimum Gasteiger partial charge on any atom is -0.352 e. The van der Waals surface area contributed by atoms with E-state index in [4.69, 9.17) is 0 Å². The fraction of sp³-hybridized carbons (Fsp3) is 0.565. The van der Waals surface area contributed by atoms with E-state index in [1.165, 1.54) is 31.2 Å². The summed E-state index contributed by atoms with van der Waals surface area (Å²) in [6, 6.07) is 11.1. The number of carbonyl (C=O) groups excluding carboxylic acids is 1. The van der Waals surface area contributed by atoms with E-state index < -0.39 is 0 Å². The van der Waals surface area contributed by atoms with Crippen LogP contribution in [0.5, 0.6) is 0 Å². The molecule has 0 aliphatic heterocycles. The van der Waals surface area contributed by atoms with Crippen LogP contribution in [0.4, 0.5) is 0 Å². The van der Waals surface area contributed by atoms with Crippen molar-refractivity contribution in [2.45, 2.75) is 70.4 Å². The Labute approximate surface area is 162 Å². The first kappa shape index (κ1) is 18.3. The molecule has 1 aromatic heterocycles. The predicted molar refractivity (Wildman–Crippen MR) is 107 cm³/mol. The van der Waals surface area contributed by atoms with Gasteiger partial charge >= 0.3 is 0 Å². The Kier molecular flexibility index (Phi) is 5.33. The Morgan fingerprint density at radius 2 is 1.93 bits per heavy atom. The van der Waals surface area contributed by atoms with E-state index in [0.29, 0.717) is 36.8 Å². The molecule has 4 atom stereocenters. The Morgan fingerprint density at radius 1 is 1.19 bits per heavy atom. The Hall–Kier alpha value is -2.10. The molecular weight excluding hydrogens is 334 g/mol. The standard InChI is InChI=1S/C23H31N3O/c1-16(2)23-24-13-15-26(23)14-12-20(27)25-22-19-11-7-6-10-18(19)21(22)17-8-4-3-5-9-17/h3-5,8-9,13,15-16,18-19,21-22H,6-7,10-12,14H2,1-2H3,(H,25,27)/t18-,19+,21-,22-/m0/s1. The van der Waals surface area contributed by atoms with Crippen LogP contribution in [0.2, 0.25) is 0 Å². The summed E-state index contributed by atoms with van der Waals surface area (Å²) in [4.78, 5) is 17.1. The molecule has 0 bridgehead atoms. The van der Waals surface area contributed by atoms with E-state index in [1.54, 1.807) is 0 Å². The summed E-state index contributed by atoms with van der Waals surface area (Å²) in [5.41, 5.74) is 1.39. The fourth-order valence-electron chi connectivity index (χ4n) is 5.28. The monoisotopic (exact) mass is 365 g/mol. The van der Waals surface area contributed by atoms with Crippen LogP contribution in [0.3, 0.4) is 0 Å². The first-order chi connectivity index (χ1) is 13.1. The minimum absolute atomic E-state index is 0.174. The molecule has 0 unspecified atom stereocenters. The zero-order chi connectivity index (χ0) is 18.8. The average molecular weight is 366 g/mol. The molecule has 1 heterocycles. The Morgan fingerprint density at radius 3 is 2.67 bits per heavy atom. The number of aromatic nitrogens is 2. The quantitative estimate of drug-likeness (QED) is 0.820. The van der Waals surface area contributed by atoms with Crippen LogP contribution in [-0.2, 0) is 11.3 Å². The lowest BCUT2D eigenvalue weighted by molar-refractivity contribution is -0.125. The maximum absolute atomic E-state index is 12.7. The van der Waals surface area contributed by atoms with E-state index in [0.717, 1.165) is 11.7 Å². The summed E-state index contributed by atoms with van der Waals surface area (Å²) in [6.45, 7) is 4.98. The second kappa shape index (κ2) is 7.87. The van der Waals surface area contributed by atoms with Crippen molar-refractivity contribution < 1.29 is 4.79 Å². The third-order valence-electron chi connectivity index (χ3n) is 6.54. The molecule has 27 heavy (non-hydrogen) atoms. The van der Waals surface area contributed by atoms with Gasteiger partial charge in [0.05, 0.1) is 0 Å². The molecule has 4 rings (SSSR count). The van der Waals surface area contributed by atoms with E-state index in [2.05, 4.69) is 59.0 Å². The number of nitrogens with one attached hydrogen (secondary N) is 1. The highest BCUT2D eigenvalue weighted by Gasteiger charge is 2.51. The molecule has 1 amide bonds. The Balaban J connectivity index is 1.40. The number of hydrogen-bond acceptors (Lipinski definition) is 2. The maximum atomic E-state index is 12.7. The van der Waals surface area contributed by atoms with Gasteiger partial charge in [-0.2, -0.15) is 0 Å². The second-order valence-electron chi connectivity index (χ2n) is 8.53. The van der Waals surface area contributed by atoms with Crippen molar-refractivity contribution in [2.24, 2.45) is 11.8 Å². The molecule has 2 saturated carbocycles. The van der Waals surface area contributed by atoms with Crippen LogP contribution in [0.25, 0.3) is 0 Å². The number of rotatable bonds is 6. The van der Waals surface area contributed by atoms with E-state index in [9.17, 15) is 4.79 Å². The lowest BCUT2D eigenvalue weighted by Gasteiger charge is -2.55. The highest BCUT2D eigenvalue weighted by Crippen LogP contribution is 2.54. The highest BCUT2D eigenvalue weighted by atomic mass is 16.1. The molecule has 0 radical (unpaired) electrons. The lowest BCUT2D eigenvalue weighted by Crippen LogP contribution is -2.59. The molecule has 2 aromatic rings. The van der Waals surface area contributed by atoms with E-state index >= 15 is 0 Å². The number of hydrogen-bond donors (Lipinski definition) is 1. The molecule has 0 spiro atoms. The molecule has 4 heteroatoms. The number of nitrogens with zero attached hydrogens (tertiary/aromatic N) is 2. The first-order valence-corrected chi connectivity index (χ1v) is 10.5. The van der Waals surface area contributed by atoms with Crippen LogP contribution in [0, 0.1) is 11.8 Å². The summed E-state index contributed by atoms with van der Waals surface area (Å²) in [7, 11) is 0. The molecule has 144 valence electrons. The number of fused-ring (bicyclic) bond motifs is 1. The molecule has 2 aliphatic rings. The normalized spacial score (nSPS) is 27.1. The van der Waals surface area contributed by atoms with Gasteiger partial charge in [0.1, 0.15) is 5.82 Å². The number of amides is 1. The van der Waals surface area contributed by atoms with Gasteiger partial charge in [0.2, 0.25) is 5.91 Å². The third-order valence-corrected chi connectivity index (χ3v) is 6.54. The van der Waals surface area contributed by atoms with Crippen LogP contribution in [0.1, 0.15) is 69.2 Å². The van der Waals surface area contributed by atoms with Gasteiger partial charge in [0, 0.05) is 43.2 Å². The van der Waals surface area contributed by atoms with Crippen molar-refractivity contribution >= 4 is 5.91 Å². The van der Waals surface area contributed by atoms with Crippen molar-refractivity contribution in [3.05, 3.63) is 54.1 Å². The second-order valence-corrected chi connectivity index (χ2v) is 8.53. The van der Waals surface area contributed by atoms with Crippen LogP contribution < -0.4 is 5.32 Å². The number of aryl methyl sites for hydroxylation is 1. The molecule has 4 nitrogen and oxygen atoms in total. The summed E-state index contributed by atoms with van der Waals surface area (Å²) < 4.78 is 2.11. The van der Waals surface area contributed by atoms with Gasteiger partial charge in [-0.3, -0.25) is 4.79 Å². The van der Waals surface area contributed by atoms with Crippen molar-refractivity contribution in [3.8, 4) is 0 Å². The van der Waals surface area contributed by atoms with Crippen LogP contribution in [0.15, 0.2) is 42.7 Å². The van der Waals surface area contributed by atoms with Crippen LogP contribution in [-0.4, -0.2) is 21.5 Å². The van der Waals surface area contributed by atoms with Gasteiger partial charge in [-0.05, 0) is 30.2 Å². The van der Waals surface area contributed by atoms with Gasteiger partial charge < -0.3 is 9.88 Å². The zero-order valence-electron chi connectivity index (χ0n) is 16.5. The average Bonchev–Trinajstić information content (AvgIpc) is 3.15. The smallest absolute Gasteiger partial charge is 0.222 e. The number of carbonyl (C=O) groups is 1. The molecule has 1 N–H and O–H groups in total. The topological polar surface area (TPSA) is 46.9 Å². The Bertz CT molecular complexity index is 767. The molecule has 0 saturated heterocycles. The van der Waals surface area contributed by atoms with Crippen molar-refractivity contribution in [3.63, 3.8) is 0 Å². The van der Waals surface area contributed by atoms with E-state index in [1.807, 2.05) is 12.4 Å². The van der Waals surface area contributed by atoms with Crippen LogP contribution >= 0.6 is 0 Å². The predicted octanol–water partition coefficient (Wildman–Crippen LogP) is 4.49. The zero-order valence-corrected chi connectivity index (χ0v) is 16.5. The minimum atomic E-state index is 0.174. The van der Waals surface area contributed by atoms with Crippen molar-refractivity contribution in [1.29, 1.82) is 0 Å². The van der Waals surface area contributed by atoms with Gasteiger partial charge in [0.15, 0.2) is 0 Å². The van der Waals surface area contributed by atoms with Gasteiger partial charge in [-0.1, -0.05) is 57.0 Å². The van der Waals surface area contributed by atoms with Gasteiger partial charge in [-0.15, -0.1) is 0 Å².